The van der Waals surface area contributed by atoms with E-state index < -0.39 is 11.4 Å². The molecule has 1 N–H and O–H groups in total. The van der Waals surface area contributed by atoms with E-state index in [1.807, 2.05) is 48.5 Å². The lowest BCUT2D eigenvalue weighted by atomic mass is 9.92. The van der Waals surface area contributed by atoms with E-state index in [4.69, 9.17) is 16.7 Å². The molecule has 140 valence electrons. The number of carboxylic acids is 1. The number of benzene rings is 2. The number of halogens is 1. The van der Waals surface area contributed by atoms with Gasteiger partial charge < -0.3 is 9.67 Å². The molecular formula is C21H16ClN3O3. The molecular weight excluding hydrogens is 378 g/mol. The maximum absolute atomic E-state index is 13.6. The predicted molar refractivity (Wildman–Crippen MR) is 104 cm³/mol. The van der Waals surface area contributed by atoms with Gasteiger partial charge in [-0.1, -0.05) is 41.9 Å². The fourth-order valence-corrected chi connectivity index (χ4v) is 4.42. The van der Waals surface area contributed by atoms with E-state index in [9.17, 15) is 9.59 Å². The number of hydrogen-bond donors (Lipinski definition) is 1. The zero-order valence-corrected chi connectivity index (χ0v) is 15.5. The molecule has 1 aliphatic carbocycles. The van der Waals surface area contributed by atoms with E-state index in [1.54, 1.807) is 11.1 Å². The predicted octanol–water partition coefficient (Wildman–Crippen LogP) is 3.72. The molecule has 0 radical (unpaired) electrons. The van der Waals surface area contributed by atoms with Crippen LogP contribution in [-0.4, -0.2) is 26.5 Å². The molecule has 5 rings (SSSR count). The van der Waals surface area contributed by atoms with Crippen molar-refractivity contribution in [2.24, 2.45) is 0 Å². The van der Waals surface area contributed by atoms with Crippen molar-refractivity contribution >= 4 is 35.0 Å². The van der Waals surface area contributed by atoms with Gasteiger partial charge in [0.05, 0.1) is 17.4 Å². The number of para-hydroxylation sites is 1. The Morgan fingerprint density at radius 2 is 1.96 bits per heavy atom. The fourth-order valence-electron chi connectivity index (χ4n) is 4.30. The summed E-state index contributed by atoms with van der Waals surface area (Å²) in [5, 5.41) is 9.65. The molecule has 1 aliphatic heterocycles. The monoisotopic (exact) mass is 393 g/mol. The molecule has 0 saturated heterocycles. The zero-order chi connectivity index (χ0) is 19.5. The molecule has 6 nitrogen and oxygen atoms in total. The Labute approximate surface area is 166 Å². The van der Waals surface area contributed by atoms with Crippen LogP contribution >= 0.6 is 11.6 Å². The molecule has 2 heterocycles. The van der Waals surface area contributed by atoms with Crippen LogP contribution in [-0.2, 0) is 21.5 Å². The highest BCUT2D eigenvalue weighted by Gasteiger charge is 2.67. The Balaban J connectivity index is 1.55. The van der Waals surface area contributed by atoms with E-state index in [1.165, 1.54) is 10.9 Å². The first-order valence-electron chi connectivity index (χ1n) is 8.94. The van der Waals surface area contributed by atoms with Crippen LogP contribution in [0, 0.1) is 0 Å². The van der Waals surface area contributed by atoms with Gasteiger partial charge in [0.2, 0.25) is 5.91 Å². The number of carbonyl (C=O) groups is 2. The number of nitrogens with zero attached hydrogens (tertiary/aromatic N) is 3. The minimum atomic E-state index is -0.960. The number of fused-ring (bicyclic) bond motifs is 2. The van der Waals surface area contributed by atoms with Gasteiger partial charge in [-0.05, 0) is 35.7 Å². The molecule has 3 aromatic rings. The van der Waals surface area contributed by atoms with Crippen LogP contribution in [0.2, 0.25) is 5.02 Å². The summed E-state index contributed by atoms with van der Waals surface area (Å²) in [7, 11) is 0. The molecule has 2 aliphatic rings. The van der Waals surface area contributed by atoms with Crippen LogP contribution in [0.3, 0.4) is 0 Å². The van der Waals surface area contributed by atoms with E-state index in [0.29, 0.717) is 10.8 Å². The number of imidazole rings is 1. The minimum absolute atomic E-state index is 0.0192. The standard InChI is InChI=1S/C21H16ClN3O3/c22-14-7-5-13(6-8-14)16-9-21(16)15-3-1-2-4-17(15)25(20(21)28)18-10-24(12-23-18)11-19(26)27/h1-8,10,12,16H,9,11H2,(H,26,27)/t16-,21-/m1/s1. The smallest absolute Gasteiger partial charge is 0.323 e. The lowest BCUT2D eigenvalue weighted by molar-refractivity contribution is -0.137. The van der Waals surface area contributed by atoms with Crippen molar-refractivity contribution in [2.75, 3.05) is 4.90 Å². The van der Waals surface area contributed by atoms with Gasteiger partial charge in [0, 0.05) is 17.1 Å². The number of carboxylic acid groups (broad SMARTS) is 1. The molecule has 7 heteroatoms. The number of hydrogen-bond acceptors (Lipinski definition) is 3. The highest BCUT2D eigenvalue weighted by Crippen LogP contribution is 2.67. The maximum atomic E-state index is 13.6. The Hall–Kier alpha value is -3.12. The third-order valence-electron chi connectivity index (χ3n) is 5.61. The number of aliphatic carboxylic acids is 1. The van der Waals surface area contributed by atoms with Gasteiger partial charge in [-0.2, -0.15) is 0 Å². The van der Waals surface area contributed by atoms with Crippen LogP contribution in [0.15, 0.2) is 61.1 Å². The molecule has 0 unspecified atom stereocenters. The molecule has 1 spiro atoms. The number of rotatable bonds is 4. The molecule has 2 aromatic carbocycles. The summed E-state index contributed by atoms with van der Waals surface area (Å²) in [5.41, 5.74) is 2.30. The molecule has 1 amide bonds. The number of amides is 1. The van der Waals surface area contributed by atoms with Gasteiger partial charge >= 0.3 is 5.97 Å². The summed E-state index contributed by atoms with van der Waals surface area (Å²) < 4.78 is 1.46. The van der Waals surface area contributed by atoms with Crippen molar-refractivity contribution < 1.29 is 14.7 Å². The second-order valence-electron chi connectivity index (χ2n) is 7.24. The summed E-state index contributed by atoms with van der Waals surface area (Å²) in [6, 6.07) is 15.4. The van der Waals surface area contributed by atoms with Gasteiger partial charge in [-0.3, -0.25) is 14.5 Å². The van der Waals surface area contributed by atoms with Gasteiger partial charge in [-0.15, -0.1) is 0 Å². The van der Waals surface area contributed by atoms with Crippen molar-refractivity contribution in [1.82, 2.24) is 9.55 Å². The lowest BCUT2D eigenvalue weighted by Gasteiger charge is -2.15. The SMILES string of the molecule is O=C(O)Cn1cnc(N2C(=O)[C@]3(C[C@@H]3c3ccc(Cl)cc3)c3ccccc32)c1. The minimum Gasteiger partial charge on any atom is -0.480 e. The Kier molecular flexibility index (Phi) is 3.61. The quantitative estimate of drug-likeness (QED) is 0.732. The topological polar surface area (TPSA) is 75.4 Å². The maximum Gasteiger partial charge on any atom is 0.323 e. The van der Waals surface area contributed by atoms with Crippen LogP contribution in [0.25, 0.3) is 0 Å². The van der Waals surface area contributed by atoms with Crippen molar-refractivity contribution in [1.29, 1.82) is 0 Å². The molecule has 1 saturated carbocycles. The van der Waals surface area contributed by atoms with Gasteiger partial charge in [-0.25, -0.2) is 4.98 Å². The zero-order valence-electron chi connectivity index (χ0n) is 14.7. The van der Waals surface area contributed by atoms with Gasteiger partial charge in [0.15, 0.2) is 5.82 Å². The van der Waals surface area contributed by atoms with Crippen LogP contribution < -0.4 is 4.90 Å². The summed E-state index contributed by atoms with van der Waals surface area (Å²) in [5.74, 6) is -0.449. The highest BCUT2D eigenvalue weighted by atomic mass is 35.5. The van der Waals surface area contributed by atoms with Crippen molar-refractivity contribution in [3.8, 4) is 0 Å². The first kappa shape index (κ1) is 17.0. The third kappa shape index (κ3) is 2.38. The van der Waals surface area contributed by atoms with E-state index in [-0.39, 0.29) is 18.4 Å². The molecule has 1 fully saturated rings. The first-order chi connectivity index (χ1) is 13.5. The average Bonchev–Trinajstić information content (AvgIpc) is 3.19. The van der Waals surface area contributed by atoms with Gasteiger partial charge in [0.1, 0.15) is 6.54 Å². The van der Waals surface area contributed by atoms with Crippen LogP contribution in [0.1, 0.15) is 23.5 Å². The molecule has 1 aromatic heterocycles. The fraction of sp³-hybridized carbons (Fsp3) is 0.190. The van der Waals surface area contributed by atoms with E-state index in [2.05, 4.69) is 4.98 Å². The normalized spacial score (nSPS) is 22.5. The second-order valence-corrected chi connectivity index (χ2v) is 7.67. The summed E-state index contributed by atoms with van der Waals surface area (Å²) in [6.07, 6.45) is 3.77. The highest BCUT2D eigenvalue weighted by molar-refractivity contribution is 6.30. The number of aromatic nitrogens is 2. The molecule has 0 bridgehead atoms. The Morgan fingerprint density at radius 1 is 1.21 bits per heavy atom. The first-order valence-corrected chi connectivity index (χ1v) is 9.31. The Bertz CT molecular complexity index is 1110. The number of carbonyl (C=O) groups excluding carboxylic acids is 1. The van der Waals surface area contributed by atoms with Crippen molar-refractivity contribution in [3.05, 3.63) is 77.2 Å². The van der Waals surface area contributed by atoms with Crippen LogP contribution in [0.4, 0.5) is 11.5 Å². The summed E-state index contributed by atoms with van der Waals surface area (Å²) >= 11 is 6.01. The summed E-state index contributed by atoms with van der Waals surface area (Å²) in [4.78, 5) is 30.4. The average molecular weight is 394 g/mol. The molecule has 28 heavy (non-hydrogen) atoms. The van der Waals surface area contributed by atoms with Crippen molar-refractivity contribution in [2.45, 2.75) is 24.3 Å². The lowest BCUT2D eigenvalue weighted by Crippen LogP contribution is -2.29. The third-order valence-corrected chi connectivity index (χ3v) is 5.86. The Morgan fingerprint density at radius 3 is 2.71 bits per heavy atom. The largest absolute Gasteiger partial charge is 0.480 e. The molecule has 2 atom stereocenters. The summed E-state index contributed by atoms with van der Waals surface area (Å²) in [6.45, 7) is -0.199. The number of anilines is 2. The van der Waals surface area contributed by atoms with E-state index in [0.717, 1.165) is 23.2 Å². The van der Waals surface area contributed by atoms with Crippen LogP contribution in [0.5, 0.6) is 0 Å². The van der Waals surface area contributed by atoms with E-state index >= 15 is 0 Å². The van der Waals surface area contributed by atoms with Gasteiger partial charge in [0.25, 0.3) is 0 Å². The van der Waals surface area contributed by atoms with Crippen molar-refractivity contribution in [3.63, 3.8) is 0 Å². The second kappa shape index (κ2) is 5.94.